The average Bonchev–Trinajstić information content (AvgIpc) is 3.38. The van der Waals surface area contributed by atoms with Gasteiger partial charge in [0.05, 0.1) is 20.6 Å². The molecule has 11 nitrogen and oxygen atoms in total. The molecule has 0 aliphatic rings. The number of carbonyl (C=O) groups is 2. The topological polar surface area (TPSA) is 167 Å². The van der Waals surface area contributed by atoms with Crippen LogP contribution in [0.5, 0.6) is 11.5 Å². The number of aryl methyl sites for hydroxylation is 1. The molecule has 0 fully saturated rings. The fourth-order valence-corrected chi connectivity index (χ4v) is 3.80. The molecule has 0 aliphatic heterocycles. The Labute approximate surface area is 235 Å². The first-order valence-electron chi connectivity index (χ1n) is 13.0. The van der Waals surface area contributed by atoms with Gasteiger partial charge in [0.2, 0.25) is 5.91 Å². The number of aromatic nitrogens is 2. The molecule has 3 aromatic rings. The molecule has 2 aromatic carbocycles. The monoisotopic (exact) mass is 552 g/mol. The lowest BCUT2D eigenvalue weighted by molar-refractivity contribution is -0.138. The average molecular weight is 553 g/mol. The largest absolute Gasteiger partial charge is 0.493 e. The van der Waals surface area contributed by atoms with Gasteiger partial charge in [0.25, 0.3) is 0 Å². The lowest BCUT2D eigenvalue weighted by atomic mass is 10.00. The Balaban J connectivity index is 0.000000333. The van der Waals surface area contributed by atoms with E-state index in [-0.39, 0.29) is 18.3 Å². The molecule has 0 radical (unpaired) electrons. The summed E-state index contributed by atoms with van der Waals surface area (Å²) >= 11 is 0. The zero-order valence-electron chi connectivity index (χ0n) is 23.8. The van der Waals surface area contributed by atoms with E-state index in [1.54, 1.807) is 24.4 Å². The summed E-state index contributed by atoms with van der Waals surface area (Å²) in [5, 5.41) is 11.7. The first kappa shape index (κ1) is 31.8. The highest BCUT2D eigenvalue weighted by molar-refractivity contribution is 5.97. The van der Waals surface area contributed by atoms with E-state index in [4.69, 9.17) is 20.9 Å². The number of nitrogens with one attached hydrogen (secondary N) is 1. The van der Waals surface area contributed by atoms with E-state index in [0.29, 0.717) is 30.0 Å². The predicted octanol–water partition coefficient (Wildman–Crippen LogP) is 3.21. The van der Waals surface area contributed by atoms with E-state index in [1.807, 2.05) is 49.7 Å². The predicted molar refractivity (Wildman–Crippen MR) is 155 cm³/mol. The number of hydrogen-bond acceptors (Lipinski definition) is 7. The molecule has 0 saturated carbocycles. The standard InChI is InChI=1S/C18H27N3O5.C11H13N3/c1-5-11(2)8-13(17(23)24)20-18(19)21-16(22)10-12-6-7-14(25-3)15(9-12)26-4;1-9-13-5-6-14(9)11-4-2-3-10(7-11)8-12/h6-7,9,11,13H,5,8,10H2,1-4H3,(H,23,24)(H3,19,20,21,22);2-7H,8,12H2,1H3. The summed E-state index contributed by atoms with van der Waals surface area (Å²) in [6.45, 7) is 6.47. The molecule has 0 spiro atoms. The molecule has 1 aromatic heterocycles. The number of nitrogens with zero attached hydrogens (tertiary/aromatic N) is 3. The molecule has 0 aliphatic carbocycles. The number of nitrogens with two attached hydrogens (primary N) is 2. The third kappa shape index (κ3) is 9.73. The molecule has 1 heterocycles. The third-order valence-corrected chi connectivity index (χ3v) is 6.23. The number of rotatable bonds is 11. The minimum Gasteiger partial charge on any atom is -0.493 e. The van der Waals surface area contributed by atoms with Gasteiger partial charge in [-0.05, 0) is 54.7 Å². The molecule has 11 heteroatoms. The van der Waals surface area contributed by atoms with Crippen LogP contribution in [0.15, 0.2) is 59.9 Å². The number of imidazole rings is 1. The molecule has 6 N–H and O–H groups in total. The van der Waals surface area contributed by atoms with Gasteiger partial charge >= 0.3 is 5.97 Å². The van der Waals surface area contributed by atoms with Crippen LogP contribution in [0.3, 0.4) is 0 Å². The van der Waals surface area contributed by atoms with Gasteiger partial charge in [-0.1, -0.05) is 38.5 Å². The SMILES string of the molecule is CCC(C)CC(N=C(N)NC(=O)Cc1ccc(OC)c(OC)c1)C(=O)O.Cc1nccn1-c1cccc(CN)c1. The van der Waals surface area contributed by atoms with Crippen LogP contribution in [-0.2, 0) is 22.6 Å². The first-order valence-corrected chi connectivity index (χ1v) is 13.0. The van der Waals surface area contributed by atoms with E-state index in [2.05, 4.69) is 21.4 Å². The van der Waals surface area contributed by atoms with Crippen molar-refractivity contribution in [3.05, 3.63) is 71.8 Å². The molecule has 0 saturated heterocycles. The van der Waals surface area contributed by atoms with Gasteiger partial charge in [0, 0.05) is 24.6 Å². The van der Waals surface area contributed by atoms with Gasteiger partial charge < -0.3 is 30.6 Å². The molecule has 216 valence electrons. The Morgan fingerprint density at radius 2 is 1.85 bits per heavy atom. The molecule has 0 bridgehead atoms. The van der Waals surface area contributed by atoms with Crippen molar-refractivity contribution in [1.29, 1.82) is 0 Å². The number of carboxylic acid groups (broad SMARTS) is 1. The van der Waals surface area contributed by atoms with Gasteiger partial charge in [-0.2, -0.15) is 0 Å². The number of methoxy groups -OCH3 is 2. The van der Waals surface area contributed by atoms with Crippen molar-refractivity contribution in [2.75, 3.05) is 14.2 Å². The second-order valence-corrected chi connectivity index (χ2v) is 9.25. The van der Waals surface area contributed by atoms with Crippen molar-refractivity contribution in [2.24, 2.45) is 22.4 Å². The van der Waals surface area contributed by atoms with Crippen molar-refractivity contribution < 1.29 is 24.2 Å². The van der Waals surface area contributed by atoms with Crippen LogP contribution >= 0.6 is 0 Å². The third-order valence-electron chi connectivity index (χ3n) is 6.23. The summed E-state index contributed by atoms with van der Waals surface area (Å²) < 4.78 is 12.4. The quantitative estimate of drug-likeness (QED) is 0.208. The van der Waals surface area contributed by atoms with Gasteiger partial charge in [0.1, 0.15) is 5.82 Å². The van der Waals surface area contributed by atoms with Gasteiger partial charge in [-0.25, -0.2) is 14.8 Å². The molecule has 40 heavy (non-hydrogen) atoms. The highest BCUT2D eigenvalue weighted by Crippen LogP contribution is 2.27. The molecular formula is C29H40N6O5. The number of aliphatic imine (C=N–C) groups is 1. The summed E-state index contributed by atoms with van der Waals surface area (Å²) in [6, 6.07) is 12.3. The fraction of sp³-hybridized carbons (Fsp3) is 0.379. The van der Waals surface area contributed by atoms with E-state index >= 15 is 0 Å². The Kier molecular flexibility index (Phi) is 12.6. The highest BCUT2D eigenvalue weighted by atomic mass is 16.5. The fourth-order valence-electron chi connectivity index (χ4n) is 3.80. The van der Waals surface area contributed by atoms with Crippen LogP contribution in [0, 0.1) is 12.8 Å². The summed E-state index contributed by atoms with van der Waals surface area (Å²) in [7, 11) is 3.04. The number of aliphatic carboxylic acids is 1. The Morgan fingerprint density at radius 3 is 2.42 bits per heavy atom. The number of hydrogen-bond donors (Lipinski definition) is 4. The lowest BCUT2D eigenvalue weighted by Crippen LogP contribution is -2.39. The number of amides is 1. The van der Waals surface area contributed by atoms with Crippen molar-refractivity contribution in [3.63, 3.8) is 0 Å². The summed E-state index contributed by atoms with van der Waals surface area (Å²) in [5.41, 5.74) is 14.2. The van der Waals surface area contributed by atoms with Crippen LogP contribution in [-0.4, -0.2) is 52.8 Å². The van der Waals surface area contributed by atoms with Crippen molar-refractivity contribution in [2.45, 2.75) is 52.6 Å². The minimum absolute atomic E-state index is 0.0413. The van der Waals surface area contributed by atoms with Gasteiger partial charge in [-0.3, -0.25) is 10.1 Å². The van der Waals surface area contributed by atoms with Crippen molar-refractivity contribution in [1.82, 2.24) is 14.9 Å². The Bertz CT molecular complexity index is 1290. The van der Waals surface area contributed by atoms with E-state index < -0.39 is 17.9 Å². The van der Waals surface area contributed by atoms with E-state index in [1.165, 1.54) is 14.2 Å². The van der Waals surface area contributed by atoms with Crippen LogP contribution < -0.4 is 26.3 Å². The van der Waals surface area contributed by atoms with E-state index in [9.17, 15) is 14.7 Å². The second kappa shape index (κ2) is 15.9. The van der Waals surface area contributed by atoms with Gasteiger partial charge in [-0.15, -0.1) is 0 Å². The molecule has 2 unspecified atom stereocenters. The minimum atomic E-state index is -1.07. The normalized spacial score (nSPS) is 12.5. The summed E-state index contributed by atoms with van der Waals surface area (Å²) in [6.07, 6.45) is 4.98. The van der Waals surface area contributed by atoms with Crippen molar-refractivity contribution >= 4 is 17.8 Å². The highest BCUT2D eigenvalue weighted by Gasteiger charge is 2.20. The molecular weight excluding hydrogens is 512 g/mol. The number of benzene rings is 2. The van der Waals surface area contributed by atoms with Gasteiger partial charge in [0.15, 0.2) is 23.5 Å². The number of carboxylic acids is 1. The number of carbonyl (C=O) groups excluding carboxylic acids is 1. The molecule has 2 atom stereocenters. The maximum absolute atomic E-state index is 12.1. The lowest BCUT2D eigenvalue weighted by Gasteiger charge is -2.14. The van der Waals surface area contributed by atoms with Crippen LogP contribution in [0.25, 0.3) is 5.69 Å². The van der Waals surface area contributed by atoms with E-state index in [0.717, 1.165) is 23.5 Å². The van der Waals surface area contributed by atoms with Crippen LogP contribution in [0.1, 0.15) is 43.6 Å². The molecule has 3 rings (SSSR count). The Hall–Kier alpha value is -4.38. The van der Waals surface area contributed by atoms with Crippen LogP contribution in [0.4, 0.5) is 0 Å². The smallest absolute Gasteiger partial charge is 0.328 e. The zero-order chi connectivity index (χ0) is 29.7. The number of ether oxygens (including phenoxy) is 2. The Morgan fingerprint density at radius 1 is 1.12 bits per heavy atom. The first-order chi connectivity index (χ1) is 19.1. The van der Waals surface area contributed by atoms with Crippen molar-refractivity contribution in [3.8, 4) is 17.2 Å². The van der Waals surface area contributed by atoms with Crippen LogP contribution in [0.2, 0.25) is 0 Å². The summed E-state index contributed by atoms with van der Waals surface area (Å²) in [5.74, 6) is 0.583. The maximum Gasteiger partial charge on any atom is 0.328 e. The second-order valence-electron chi connectivity index (χ2n) is 9.25. The number of guanidine groups is 1. The zero-order valence-corrected chi connectivity index (χ0v) is 23.8. The summed E-state index contributed by atoms with van der Waals surface area (Å²) in [4.78, 5) is 31.5. The maximum atomic E-state index is 12.1. The molecule has 1 amide bonds.